The fourth-order valence-corrected chi connectivity index (χ4v) is 4.36. The number of carbonyl (C=O) groups is 2. The minimum Gasteiger partial charge on any atom is -0.550 e. The maximum absolute atomic E-state index is 10.9. The SMILES string of the molecule is CC(=O)[O-].CC(=O)[O-].CC(C)c1cc(-c2ccccc2)cc(C=NCN=Cc2cc(-c3ccccc3)cc(C(C)C)c2O)c1O.[Co+2]. The van der Waals surface area contributed by atoms with Gasteiger partial charge in [0.25, 0.3) is 0 Å². The molecular weight excluding hydrogens is 627 g/mol. The molecule has 8 nitrogen and oxygen atoms in total. The first-order valence-electron chi connectivity index (χ1n) is 14.5. The molecule has 0 saturated heterocycles. The summed E-state index contributed by atoms with van der Waals surface area (Å²) in [5, 5.41) is 39.5. The molecular formula is C37H40CoN2O6. The van der Waals surface area contributed by atoms with Gasteiger partial charge in [0.1, 0.15) is 18.2 Å². The molecule has 0 spiro atoms. The molecule has 4 aromatic rings. The van der Waals surface area contributed by atoms with Crippen molar-refractivity contribution in [1.29, 1.82) is 0 Å². The van der Waals surface area contributed by atoms with Crippen LogP contribution in [0, 0.1) is 0 Å². The van der Waals surface area contributed by atoms with Crippen LogP contribution in [-0.2, 0) is 26.4 Å². The normalized spacial score (nSPS) is 10.6. The number of aromatic hydroxyl groups is 2. The van der Waals surface area contributed by atoms with Crippen LogP contribution in [0.5, 0.6) is 11.5 Å². The summed E-state index contributed by atoms with van der Waals surface area (Å²) in [5.41, 5.74) is 7.35. The van der Waals surface area contributed by atoms with Gasteiger partial charge in [0.2, 0.25) is 0 Å². The van der Waals surface area contributed by atoms with Gasteiger partial charge in [-0.1, -0.05) is 88.4 Å². The van der Waals surface area contributed by atoms with Gasteiger partial charge in [-0.25, -0.2) is 0 Å². The van der Waals surface area contributed by atoms with Gasteiger partial charge in [0.15, 0.2) is 0 Å². The molecule has 9 heteroatoms. The summed E-state index contributed by atoms with van der Waals surface area (Å²) in [5.74, 6) is -1.33. The molecule has 0 aliphatic rings. The summed E-state index contributed by atoms with van der Waals surface area (Å²) in [7, 11) is 0. The van der Waals surface area contributed by atoms with E-state index >= 15 is 0 Å². The first-order valence-corrected chi connectivity index (χ1v) is 14.5. The summed E-state index contributed by atoms with van der Waals surface area (Å²) >= 11 is 0. The van der Waals surface area contributed by atoms with E-state index in [1.54, 1.807) is 12.4 Å². The zero-order valence-corrected chi connectivity index (χ0v) is 27.9. The smallest absolute Gasteiger partial charge is 0.550 e. The van der Waals surface area contributed by atoms with E-state index in [0.717, 1.165) is 47.2 Å². The summed E-state index contributed by atoms with van der Waals surface area (Å²) in [4.78, 5) is 26.7. The van der Waals surface area contributed by atoms with Crippen LogP contribution in [0.1, 0.15) is 75.6 Å². The topological polar surface area (TPSA) is 145 Å². The van der Waals surface area contributed by atoms with Crippen molar-refractivity contribution < 1.29 is 46.8 Å². The third-order valence-corrected chi connectivity index (χ3v) is 6.42. The summed E-state index contributed by atoms with van der Waals surface area (Å²) in [6.07, 6.45) is 3.34. The third kappa shape index (κ3) is 12.7. The second kappa shape index (κ2) is 19.6. The second-order valence-electron chi connectivity index (χ2n) is 10.8. The average molecular weight is 668 g/mol. The second-order valence-corrected chi connectivity index (χ2v) is 10.8. The maximum atomic E-state index is 10.9. The van der Waals surface area contributed by atoms with E-state index in [1.165, 1.54) is 0 Å². The van der Waals surface area contributed by atoms with E-state index in [1.807, 2.05) is 60.7 Å². The van der Waals surface area contributed by atoms with Gasteiger partial charge in [-0.05, 0) is 83.3 Å². The Balaban J connectivity index is 0.00000106. The number of carboxylic acid groups (broad SMARTS) is 2. The molecule has 4 rings (SSSR count). The molecule has 46 heavy (non-hydrogen) atoms. The number of carboxylic acids is 2. The van der Waals surface area contributed by atoms with Crippen molar-refractivity contribution in [3.8, 4) is 33.8 Å². The first-order chi connectivity index (χ1) is 21.3. The quantitative estimate of drug-likeness (QED) is 0.231. The summed E-state index contributed by atoms with van der Waals surface area (Å²) in [6.45, 7) is 10.4. The minimum absolute atomic E-state index is 0. The van der Waals surface area contributed by atoms with Crippen molar-refractivity contribution in [3.05, 3.63) is 107 Å². The van der Waals surface area contributed by atoms with Crippen molar-refractivity contribution >= 4 is 24.4 Å². The van der Waals surface area contributed by atoms with Crippen molar-refractivity contribution in [2.45, 2.75) is 53.4 Å². The number of aliphatic carboxylic acids is 2. The van der Waals surface area contributed by atoms with Crippen LogP contribution >= 0.6 is 0 Å². The Labute approximate surface area is 281 Å². The number of phenols is 2. The average Bonchev–Trinajstić information content (AvgIpc) is 2.98. The van der Waals surface area contributed by atoms with Gasteiger partial charge in [-0.3, -0.25) is 9.98 Å². The molecule has 0 saturated carbocycles. The molecule has 0 aromatic heterocycles. The Morgan fingerprint density at radius 3 is 1.22 bits per heavy atom. The van der Waals surface area contributed by atoms with E-state index in [9.17, 15) is 10.2 Å². The Hall–Kier alpha value is -4.73. The van der Waals surface area contributed by atoms with Gasteiger partial charge in [-0.15, -0.1) is 0 Å². The van der Waals surface area contributed by atoms with Crippen LogP contribution in [0.25, 0.3) is 22.3 Å². The molecule has 0 unspecified atom stereocenters. The predicted octanol–water partition coefficient (Wildman–Crippen LogP) is 5.68. The summed E-state index contributed by atoms with van der Waals surface area (Å²) < 4.78 is 0. The number of rotatable bonds is 8. The largest absolute Gasteiger partial charge is 2.00 e. The van der Waals surface area contributed by atoms with Crippen LogP contribution in [-0.4, -0.2) is 41.2 Å². The van der Waals surface area contributed by atoms with Crippen molar-refractivity contribution in [2.24, 2.45) is 9.98 Å². The van der Waals surface area contributed by atoms with E-state index in [0.29, 0.717) is 11.1 Å². The number of aliphatic imine (C=N–C) groups is 2. The number of phenolic OH excluding ortho intramolecular Hbond substituents is 2. The molecule has 2 N–H and O–H groups in total. The van der Waals surface area contributed by atoms with Crippen molar-refractivity contribution in [3.63, 3.8) is 0 Å². The van der Waals surface area contributed by atoms with Gasteiger partial charge < -0.3 is 30.0 Å². The number of hydrogen-bond donors (Lipinski definition) is 2. The molecule has 4 aromatic carbocycles. The van der Waals surface area contributed by atoms with Crippen molar-refractivity contribution in [1.82, 2.24) is 0 Å². The number of benzene rings is 4. The molecule has 0 amide bonds. The summed E-state index contributed by atoms with van der Waals surface area (Å²) in [6, 6.07) is 28.2. The van der Waals surface area contributed by atoms with Gasteiger partial charge >= 0.3 is 16.8 Å². The minimum atomic E-state index is -1.08. The van der Waals surface area contributed by atoms with Gasteiger partial charge in [-0.2, -0.15) is 0 Å². The molecule has 0 fully saturated rings. The number of hydrogen-bond acceptors (Lipinski definition) is 8. The molecule has 243 valence electrons. The number of nitrogens with zero attached hydrogens (tertiary/aromatic N) is 2. The molecule has 0 atom stereocenters. The van der Waals surface area contributed by atoms with Crippen LogP contribution in [0.2, 0.25) is 0 Å². The molecule has 1 radical (unpaired) electrons. The molecule has 0 heterocycles. The standard InChI is InChI=1S/C33H34N2O2.2C2H4O2.Co/c1-22(2)30-17-26(24-11-7-5-8-12-24)15-28(32(30)36)19-34-21-35-20-29-16-27(25-13-9-6-10-14-25)18-31(23(3)4)33(29)37;2*1-2(3)4;/h5-20,22-23,36-37H,21H2,1-4H3;2*1H3,(H,3,4);/q;;;+2/p-2. The van der Waals surface area contributed by atoms with Gasteiger partial charge in [0, 0.05) is 35.5 Å². The zero-order chi connectivity index (χ0) is 33.5. The molecule has 0 aliphatic carbocycles. The maximum Gasteiger partial charge on any atom is 2.00 e. The van der Waals surface area contributed by atoms with Crippen LogP contribution in [0.15, 0.2) is 94.9 Å². The Bertz CT molecular complexity index is 1490. The van der Waals surface area contributed by atoms with Crippen LogP contribution < -0.4 is 10.2 Å². The van der Waals surface area contributed by atoms with Crippen LogP contribution in [0.4, 0.5) is 0 Å². The molecule has 0 aliphatic heterocycles. The van der Waals surface area contributed by atoms with Crippen molar-refractivity contribution in [2.75, 3.05) is 6.67 Å². The Kier molecular flexibility index (Phi) is 16.8. The van der Waals surface area contributed by atoms with E-state index < -0.39 is 11.9 Å². The van der Waals surface area contributed by atoms with E-state index in [-0.39, 0.29) is 46.8 Å². The predicted molar refractivity (Wildman–Crippen MR) is 177 cm³/mol. The zero-order valence-electron chi connectivity index (χ0n) is 26.9. The number of carbonyl (C=O) groups excluding carboxylic acids is 2. The monoisotopic (exact) mass is 667 g/mol. The fraction of sp³-hybridized carbons (Fsp3) is 0.243. The Morgan fingerprint density at radius 1 is 0.630 bits per heavy atom. The van der Waals surface area contributed by atoms with Gasteiger partial charge in [0.05, 0.1) is 0 Å². The fourth-order valence-electron chi connectivity index (χ4n) is 4.36. The first kappa shape index (κ1) is 39.3. The van der Waals surface area contributed by atoms with Crippen LogP contribution in [0.3, 0.4) is 0 Å². The third-order valence-electron chi connectivity index (χ3n) is 6.42. The molecule has 0 bridgehead atoms. The Morgan fingerprint density at radius 2 is 0.935 bits per heavy atom. The van der Waals surface area contributed by atoms with E-state index in [2.05, 4.69) is 61.9 Å². The van der Waals surface area contributed by atoms with E-state index in [4.69, 9.17) is 19.8 Å².